The Balaban J connectivity index is 0.000000309. The number of hydrogen-bond donors (Lipinski definition) is 0. The number of benzene rings is 4. The van der Waals surface area contributed by atoms with Gasteiger partial charge in [-0.05, 0) is 91.0 Å². The minimum atomic E-state index is -4.41. The summed E-state index contributed by atoms with van der Waals surface area (Å²) in [5, 5.41) is 1.02. The van der Waals surface area contributed by atoms with Crippen LogP contribution in [0.2, 0.25) is 0 Å². The minimum absolute atomic E-state index is 0.169. The van der Waals surface area contributed by atoms with Crippen LogP contribution >= 0.6 is 27.3 Å². The van der Waals surface area contributed by atoms with E-state index < -0.39 is 11.7 Å². The van der Waals surface area contributed by atoms with Gasteiger partial charge in [-0.2, -0.15) is 13.2 Å². The molecule has 44 heavy (non-hydrogen) atoms. The van der Waals surface area contributed by atoms with Crippen molar-refractivity contribution in [1.82, 2.24) is 0 Å². The molecule has 0 saturated heterocycles. The van der Waals surface area contributed by atoms with Gasteiger partial charge in [0, 0.05) is 14.0 Å². The maximum atomic E-state index is 12.9. The summed E-state index contributed by atoms with van der Waals surface area (Å²) < 4.78 is 56.2. The van der Waals surface area contributed by atoms with E-state index in [1.54, 1.807) is 38.1 Å². The fourth-order valence-electron chi connectivity index (χ4n) is 4.13. The van der Waals surface area contributed by atoms with Crippen molar-refractivity contribution in [3.63, 3.8) is 0 Å². The lowest BCUT2D eigenvalue weighted by Gasteiger charge is -2.09. The van der Waals surface area contributed by atoms with Gasteiger partial charge in [0.05, 0.1) is 29.9 Å². The fraction of sp³-hybridized carbons (Fsp3) is 0.176. The number of esters is 2. The van der Waals surface area contributed by atoms with Gasteiger partial charge in [-0.3, -0.25) is 0 Å². The average molecular weight is 686 g/mol. The number of carbonyl (C=O) groups is 2. The maximum absolute atomic E-state index is 12.9. The van der Waals surface area contributed by atoms with E-state index in [9.17, 15) is 22.8 Å². The topological polar surface area (TPSA) is 61.8 Å². The summed E-state index contributed by atoms with van der Waals surface area (Å²) in [6, 6.07) is 27.1. The second kappa shape index (κ2) is 15.0. The van der Waals surface area contributed by atoms with Gasteiger partial charge in [-0.1, -0.05) is 52.3 Å². The Morgan fingerprint density at radius 2 is 1.36 bits per heavy atom. The van der Waals surface area contributed by atoms with Gasteiger partial charge in [0.25, 0.3) is 0 Å². The van der Waals surface area contributed by atoms with E-state index >= 15 is 0 Å². The highest BCUT2D eigenvalue weighted by Gasteiger charge is 2.30. The highest BCUT2D eigenvalue weighted by atomic mass is 79.9. The van der Waals surface area contributed by atoms with Crippen molar-refractivity contribution >= 4 is 49.3 Å². The largest absolute Gasteiger partial charge is 0.488 e. The van der Waals surface area contributed by atoms with Gasteiger partial charge >= 0.3 is 18.1 Å². The number of ether oxygens (including phenoxy) is 3. The SMILES string of the molecule is CCOC(=O)c1ccc(-c2cccc3cc(COc4cccc(C(F)(F)F)c4)sc23)cc1.CCOC(=O)c1ccc(Br)cc1. The van der Waals surface area contributed by atoms with Crippen LogP contribution in [0.1, 0.15) is 45.0 Å². The van der Waals surface area contributed by atoms with E-state index in [1.807, 2.05) is 48.5 Å². The molecular formula is C34H28BrF3O5S. The molecule has 1 aromatic heterocycles. The molecule has 228 valence electrons. The molecule has 10 heteroatoms. The van der Waals surface area contributed by atoms with Crippen LogP contribution in [-0.2, 0) is 22.3 Å². The highest BCUT2D eigenvalue weighted by Crippen LogP contribution is 2.36. The first kappa shape index (κ1) is 32.8. The first-order valence-corrected chi connectivity index (χ1v) is 15.2. The molecule has 0 spiro atoms. The quantitative estimate of drug-likeness (QED) is 0.152. The van der Waals surface area contributed by atoms with Crippen molar-refractivity contribution in [2.75, 3.05) is 13.2 Å². The van der Waals surface area contributed by atoms with Crippen molar-refractivity contribution in [1.29, 1.82) is 0 Å². The van der Waals surface area contributed by atoms with Crippen molar-refractivity contribution in [3.8, 4) is 16.9 Å². The highest BCUT2D eigenvalue weighted by molar-refractivity contribution is 9.10. The van der Waals surface area contributed by atoms with Gasteiger partial charge < -0.3 is 14.2 Å². The molecular weight excluding hydrogens is 657 g/mol. The zero-order valence-corrected chi connectivity index (χ0v) is 26.2. The number of rotatable bonds is 8. The number of halogens is 4. The van der Waals surface area contributed by atoms with Crippen molar-refractivity contribution in [2.45, 2.75) is 26.6 Å². The number of thiophene rings is 1. The summed E-state index contributed by atoms with van der Waals surface area (Å²) in [7, 11) is 0. The lowest BCUT2D eigenvalue weighted by Crippen LogP contribution is -2.05. The summed E-state index contributed by atoms with van der Waals surface area (Å²) >= 11 is 4.81. The molecule has 5 aromatic rings. The molecule has 0 aliphatic heterocycles. The molecule has 0 fully saturated rings. The molecule has 0 amide bonds. The lowest BCUT2D eigenvalue weighted by atomic mass is 10.0. The van der Waals surface area contributed by atoms with E-state index in [2.05, 4.69) is 15.9 Å². The number of alkyl halides is 3. The van der Waals surface area contributed by atoms with Gasteiger partial charge in [-0.25, -0.2) is 9.59 Å². The number of hydrogen-bond acceptors (Lipinski definition) is 6. The molecule has 4 aromatic carbocycles. The maximum Gasteiger partial charge on any atom is 0.416 e. The molecule has 0 saturated carbocycles. The lowest BCUT2D eigenvalue weighted by molar-refractivity contribution is -0.137. The second-order valence-electron chi connectivity index (χ2n) is 9.28. The molecule has 0 bridgehead atoms. The van der Waals surface area contributed by atoms with Crippen molar-refractivity contribution < 1.29 is 37.0 Å². The van der Waals surface area contributed by atoms with E-state index in [4.69, 9.17) is 14.2 Å². The predicted octanol–water partition coefficient (Wildman–Crippen LogP) is 9.97. The van der Waals surface area contributed by atoms with E-state index in [1.165, 1.54) is 23.5 Å². The summed E-state index contributed by atoms with van der Waals surface area (Å²) in [4.78, 5) is 23.9. The standard InChI is InChI=1S/C25H19F3O3S.C9H9BrO2/c1-2-30-24(29)17-11-9-16(10-12-17)22-8-3-5-18-13-21(32-23(18)22)15-31-20-7-4-6-19(14-20)25(26,27)28;1-2-12-9(11)7-3-5-8(10)6-4-7/h3-14H,2,15H2,1H3;3-6H,2H2,1H3. The fourth-order valence-corrected chi connectivity index (χ4v) is 5.50. The summed E-state index contributed by atoms with van der Waals surface area (Å²) in [5.74, 6) is -0.459. The third-order valence-electron chi connectivity index (χ3n) is 6.20. The minimum Gasteiger partial charge on any atom is -0.488 e. The van der Waals surface area contributed by atoms with Crippen LogP contribution in [0.5, 0.6) is 5.75 Å². The van der Waals surface area contributed by atoms with Gasteiger partial charge in [0.1, 0.15) is 12.4 Å². The summed E-state index contributed by atoms with van der Waals surface area (Å²) in [5.41, 5.74) is 2.30. The third kappa shape index (κ3) is 8.70. The average Bonchev–Trinajstić information content (AvgIpc) is 3.44. The molecule has 5 rings (SSSR count). The third-order valence-corrected chi connectivity index (χ3v) is 7.89. The van der Waals surface area contributed by atoms with Crippen LogP contribution in [0.15, 0.2) is 102 Å². The second-order valence-corrected chi connectivity index (χ2v) is 11.3. The molecule has 0 atom stereocenters. The Morgan fingerprint density at radius 1 is 0.773 bits per heavy atom. The van der Waals surface area contributed by atoms with Crippen LogP contribution in [0.3, 0.4) is 0 Å². The van der Waals surface area contributed by atoms with Crippen molar-refractivity contribution in [3.05, 3.63) is 123 Å². The van der Waals surface area contributed by atoms with Crippen LogP contribution in [0.4, 0.5) is 13.2 Å². The Labute approximate surface area is 265 Å². The Hall–Kier alpha value is -4.15. The predicted molar refractivity (Wildman–Crippen MR) is 169 cm³/mol. The molecule has 0 aliphatic carbocycles. The summed E-state index contributed by atoms with van der Waals surface area (Å²) in [6.45, 7) is 4.45. The molecule has 0 aliphatic rings. The Morgan fingerprint density at radius 3 is 1.95 bits per heavy atom. The zero-order chi connectivity index (χ0) is 31.7. The monoisotopic (exact) mass is 684 g/mol. The first-order valence-electron chi connectivity index (χ1n) is 13.6. The Bertz CT molecular complexity index is 1710. The molecule has 1 heterocycles. The molecule has 0 N–H and O–H groups in total. The van der Waals surface area contributed by atoms with E-state index in [-0.39, 0.29) is 24.3 Å². The molecule has 5 nitrogen and oxygen atoms in total. The van der Waals surface area contributed by atoms with E-state index in [0.717, 1.165) is 42.7 Å². The van der Waals surface area contributed by atoms with Gasteiger partial charge in [0.15, 0.2) is 0 Å². The normalized spacial score (nSPS) is 11.0. The Kier molecular flexibility index (Phi) is 11.2. The van der Waals surface area contributed by atoms with Crippen LogP contribution in [0, 0.1) is 0 Å². The van der Waals surface area contributed by atoms with Crippen molar-refractivity contribution in [2.24, 2.45) is 0 Å². The van der Waals surface area contributed by atoms with Gasteiger partial charge in [-0.15, -0.1) is 11.3 Å². The number of fused-ring (bicyclic) bond motifs is 1. The van der Waals surface area contributed by atoms with Gasteiger partial charge in [0.2, 0.25) is 0 Å². The van der Waals surface area contributed by atoms with Crippen LogP contribution in [-0.4, -0.2) is 25.2 Å². The smallest absolute Gasteiger partial charge is 0.416 e. The summed E-state index contributed by atoms with van der Waals surface area (Å²) in [6.07, 6.45) is -4.41. The number of carbonyl (C=O) groups excluding carboxylic acids is 2. The zero-order valence-electron chi connectivity index (χ0n) is 23.8. The molecule has 0 unspecified atom stereocenters. The van der Waals surface area contributed by atoms with Crippen LogP contribution < -0.4 is 4.74 Å². The van der Waals surface area contributed by atoms with Crippen LogP contribution in [0.25, 0.3) is 21.2 Å². The molecule has 0 radical (unpaired) electrons. The van der Waals surface area contributed by atoms with E-state index in [0.29, 0.717) is 24.3 Å². The first-order chi connectivity index (χ1) is 21.1.